The molecule has 2 N–H and O–H groups in total. The fourth-order valence-corrected chi connectivity index (χ4v) is 4.71. The average molecular weight is 493 g/mol. The highest BCUT2D eigenvalue weighted by Crippen LogP contribution is 2.40. The Morgan fingerprint density at radius 1 is 1.17 bits per heavy atom. The Morgan fingerprint density at radius 2 is 1.86 bits per heavy atom. The van der Waals surface area contributed by atoms with Gasteiger partial charge in [0.15, 0.2) is 5.16 Å². The molecule has 1 atom stereocenters. The quantitative estimate of drug-likeness (QED) is 0.159. The van der Waals surface area contributed by atoms with Gasteiger partial charge in [-0.3, -0.25) is 14.9 Å². The lowest BCUT2D eigenvalue weighted by atomic mass is 9.82. The number of aromatic nitrogens is 2. The van der Waals surface area contributed by atoms with E-state index in [1.165, 1.54) is 23.9 Å². The summed E-state index contributed by atoms with van der Waals surface area (Å²) >= 11 is 1.39. The summed E-state index contributed by atoms with van der Waals surface area (Å²) in [5.74, 6) is -0.412. The van der Waals surface area contributed by atoms with E-state index in [1.807, 2.05) is 30.3 Å². The third-order valence-corrected chi connectivity index (χ3v) is 6.38. The third kappa shape index (κ3) is 5.27. The molecule has 0 saturated carbocycles. The van der Waals surface area contributed by atoms with Gasteiger partial charge in [-0.2, -0.15) is 0 Å². The van der Waals surface area contributed by atoms with Gasteiger partial charge in [0.1, 0.15) is 5.82 Å². The molecule has 9 nitrogen and oxygen atoms in total. The summed E-state index contributed by atoms with van der Waals surface area (Å²) in [6.07, 6.45) is -0.366. The van der Waals surface area contributed by atoms with E-state index >= 15 is 0 Å². The van der Waals surface area contributed by atoms with Crippen molar-refractivity contribution in [2.45, 2.75) is 43.7 Å². The minimum absolute atomic E-state index is 0.0883. The van der Waals surface area contributed by atoms with Crippen LogP contribution in [0.25, 0.3) is 0 Å². The van der Waals surface area contributed by atoms with Gasteiger partial charge in [0.05, 0.1) is 28.1 Å². The minimum Gasteiger partial charge on any atom is -0.460 e. The van der Waals surface area contributed by atoms with Gasteiger partial charge >= 0.3 is 5.97 Å². The topological polar surface area (TPSA) is 127 Å². The van der Waals surface area contributed by atoms with Gasteiger partial charge in [0, 0.05) is 23.6 Å². The number of hydrogen-bond donors (Lipinski definition) is 2. The Kier molecular flexibility index (Phi) is 7.02. The molecule has 0 amide bonds. The summed E-state index contributed by atoms with van der Waals surface area (Å²) in [7, 11) is 0. The monoisotopic (exact) mass is 492 g/mol. The Morgan fingerprint density at radius 3 is 2.49 bits per heavy atom. The van der Waals surface area contributed by atoms with Crippen LogP contribution in [-0.4, -0.2) is 27.0 Å². The van der Waals surface area contributed by atoms with Gasteiger partial charge in [-0.25, -0.2) is 9.78 Å². The molecule has 0 saturated heterocycles. The molecule has 2 aromatic carbocycles. The first-order chi connectivity index (χ1) is 16.7. The van der Waals surface area contributed by atoms with E-state index in [2.05, 4.69) is 15.3 Å². The summed E-state index contributed by atoms with van der Waals surface area (Å²) in [6.45, 7) is 5.20. The number of nitro groups is 1. The molecule has 10 heteroatoms. The van der Waals surface area contributed by atoms with Gasteiger partial charge in [-0.15, -0.1) is 0 Å². The first-order valence-electron chi connectivity index (χ1n) is 11.0. The largest absolute Gasteiger partial charge is 0.460 e. The van der Waals surface area contributed by atoms with Crippen LogP contribution in [0.5, 0.6) is 0 Å². The van der Waals surface area contributed by atoms with Crippen LogP contribution in [-0.2, 0) is 15.3 Å². The number of hydrogen-bond acceptors (Lipinski definition) is 8. The highest BCUT2D eigenvalue weighted by Gasteiger charge is 2.37. The number of non-ortho nitro benzene ring substituents is 1. The maximum Gasteiger partial charge on any atom is 0.337 e. The lowest BCUT2D eigenvalue weighted by Crippen LogP contribution is -2.31. The number of carbonyl (C=O) groups is 1. The Labute approximate surface area is 205 Å². The average Bonchev–Trinajstić information content (AvgIpc) is 2.82. The van der Waals surface area contributed by atoms with Crippen molar-refractivity contribution >= 4 is 29.2 Å². The number of fused-ring (bicyclic) bond motifs is 1. The minimum atomic E-state index is -0.803. The number of aromatic amines is 1. The van der Waals surface area contributed by atoms with Crippen molar-refractivity contribution in [2.75, 3.05) is 5.32 Å². The summed E-state index contributed by atoms with van der Waals surface area (Å²) in [4.78, 5) is 44.5. The molecule has 0 aliphatic carbocycles. The van der Waals surface area contributed by atoms with Crippen molar-refractivity contribution in [2.24, 2.45) is 0 Å². The molecule has 0 bridgehead atoms. The number of ether oxygens (including phenoxy) is 1. The molecule has 35 heavy (non-hydrogen) atoms. The predicted molar refractivity (Wildman–Crippen MR) is 133 cm³/mol. The maximum absolute atomic E-state index is 13.3. The van der Waals surface area contributed by atoms with Gasteiger partial charge in [-0.1, -0.05) is 54.2 Å². The van der Waals surface area contributed by atoms with Crippen molar-refractivity contribution in [3.8, 4) is 0 Å². The molecule has 4 rings (SSSR count). The van der Waals surface area contributed by atoms with Crippen LogP contribution < -0.4 is 10.9 Å². The zero-order valence-electron chi connectivity index (χ0n) is 19.4. The Balaban J connectivity index is 1.77. The fourth-order valence-electron chi connectivity index (χ4n) is 3.90. The zero-order valence-corrected chi connectivity index (χ0v) is 20.2. The number of allylic oxidation sites excluding steroid dienone is 1. The van der Waals surface area contributed by atoms with E-state index in [0.717, 1.165) is 5.56 Å². The first-order valence-corrected chi connectivity index (χ1v) is 12.0. The lowest BCUT2D eigenvalue weighted by molar-refractivity contribution is -0.384. The smallest absolute Gasteiger partial charge is 0.337 e. The molecule has 1 aliphatic heterocycles. The molecule has 180 valence electrons. The SMILES string of the molecule is CC1=C(C(=O)OC(C)C)[C@@H](c2ccc([N+](=O)[O-])cc2)c2c(nc(SCc3ccccc3)[nH]c2=O)N1. The van der Waals surface area contributed by atoms with E-state index in [-0.39, 0.29) is 22.9 Å². The van der Waals surface area contributed by atoms with Gasteiger partial charge < -0.3 is 15.0 Å². The van der Waals surface area contributed by atoms with Crippen molar-refractivity contribution < 1.29 is 14.5 Å². The number of benzene rings is 2. The number of nitrogens with zero attached hydrogens (tertiary/aromatic N) is 2. The second-order valence-electron chi connectivity index (χ2n) is 8.31. The normalized spacial score (nSPS) is 14.9. The predicted octanol–water partition coefficient (Wildman–Crippen LogP) is 4.75. The van der Waals surface area contributed by atoms with Crippen LogP contribution in [0.2, 0.25) is 0 Å². The number of nitro benzene ring substituents is 1. The zero-order chi connectivity index (χ0) is 25.1. The van der Waals surface area contributed by atoms with Crippen LogP contribution in [0, 0.1) is 10.1 Å². The van der Waals surface area contributed by atoms with E-state index in [0.29, 0.717) is 28.0 Å². The molecule has 0 spiro atoms. The highest BCUT2D eigenvalue weighted by molar-refractivity contribution is 7.98. The maximum atomic E-state index is 13.3. The van der Waals surface area contributed by atoms with Crippen LogP contribution in [0.3, 0.4) is 0 Å². The van der Waals surface area contributed by atoms with Crippen LogP contribution in [0.1, 0.15) is 43.4 Å². The van der Waals surface area contributed by atoms with E-state index in [9.17, 15) is 19.7 Å². The van der Waals surface area contributed by atoms with E-state index in [1.54, 1.807) is 32.9 Å². The summed E-state index contributed by atoms with van der Waals surface area (Å²) in [5.41, 5.74) is 2.16. The second kappa shape index (κ2) is 10.1. The number of thioether (sulfide) groups is 1. The van der Waals surface area contributed by atoms with Gasteiger partial charge in [0.25, 0.3) is 11.2 Å². The molecular formula is C25H24N4O5S. The fraction of sp³-hybridized carbons (Fsp3) is 0.240. The molecule has 1 aromatic heterocycles. The van der Waals surface area contributed by atoms with Crippen molar-refractivity contribution in [1.29, 1.82) is 0 Å². The van der Waals surface area contributed by atoms with Crippen molar-refractivity contribution in [3.63, 3.8) is 0 Å². The molecule has 0 radical (unpaired) electrons. The number of H-pyrrole nitrogens is 1. The number of rotatable bonds is 7. The van der Waals surface area contributed by atoms with Crippen LogP contribution in [0.15, 0.2) is 75.8 Å². The number of carbonyl (C=O) groups excluding carboxylic acids is 1. The van der Waals surface area contributed by atoms with Gasteiger partial charge in [0.2, 0.25) is 0 Å². The molecule has 0 unspecified atom stereocenters. The molecule has 1 aliphatic rings. The van der Waals surface area contributed by atoms with E-state index < -0.39 is 22.4 Å². The van der Waals surface area contributed by atoms with Crippen molar-refractivity contribution in [1.82, 2.24) is 9.97 Å². The number of anilines is 1. The molecule has 2 heterocycles. The Hall–Kier alpha value is -3.92. The van der Waals surface area contributed by atoms with E-state index in [4.69, 9.17) is 4.74 Å². The molecule has 0 fully saturated rings. The molecule has 3 aromatic rings. The summed E-state index contributed by atoms with van der Waals surface area (Å²) < 4.78 is 5.46. The second-order valence-corrected chi connectivity index (χ2v) is 9.27. The van der Waals surface area contributed by atoms with Gasteiger partial charge in [-0.05, 0) is 31.9 Å². The van der Waals surface area contributed by atoms with Crippen molar-refractivity contribution in [3.05, 3.63) is 103 Å². The number of nitrogens with one attached hydrogen (secondary N) is 2. The lowest BCUT2D eigenvalue weighted by Gasteiger charge is -2.29. The molecular weight excluding hydrogens is 468 g/mol. The highest BCUT2D eigenvalue weighted by atomic mass is 32.2. The summed E-state index contributed by atoms with van der Waals surface area (Å²) in [6, 6.07) is 15.6. The summed E-state index contributed by atoms with van der Waals surface area (Å²) in [5, 5.41) is 14.7. The standard InChI is InChI=1S/C25H24N4O5S/c1-14(2)34-24(31)19-15(3)26-22-21(20(19)17-9-11-18(12-10-17)29(32)33)23(30)28-25(27-22)35-13-16-7-5-4-6-8-16/h4-12,14,20H,13H2,1-3H3,(H2,26,27,28,30)/t20-/m1/s1. The third-order valence-electron chi connectivity index (χ3n) is 5.44. The number of esters is 1. The van der Waals surface area contributed by atoms with Crippen LogP contribution >= 0.6 is 11.8 Å². The first kappa shape index (κ1) is 24.2. The van der Waals surface area contributed by atoms with Crippen LogP contribution in [0.4, 0.5) is 11.5 Å². The Bertz CT molecular complexity index is 1350.